The zero-order valence-corrected chi connectivity index (χ0v) is 14.3. The van der Waals surface area contributed by atoms with Crippen molar-refractivity contribution in [3.63, 3.8) is 0 Å². The molecule has 1 amide bonds. The van der Waals surface area contributed by atoms with Crippen LogP contribution < -0.4 is 16.5 Å². The van der Waals surface area contributed by atoms with Crippen LogP contribution in [0.25, 0.3) is 5.69 Å². The monoisotopic (exact) mass is 354 g/mol. The van der Waals surface area contributed by atoms with Gasteiger partial charge in [0.05, 0.1) is 0 Å². The van der Waals surface area contributed by atoms with Crippen LogP contribution in [0.2, 0.25) is 0 Å². The van der Waals surface area contributed by atoms with Gasteiger partial charge < -0.3 is 11.1 Å². The summed E-state index contributed by atoms with van der Waals surface area (Å²) in [6.45, 7) is 4.25. The van der Waals surface area contributed by atoms with Crippen LogP contribution >= 0.6 is 12.4 Å². The first kappa shape index (κ1) is 19.8. The minimum atomic E-state index is -0.597. The number of rotatable bonds is 5. The highest BCUT2D eigenvalue weighted by molar-refractivity contribution is 5.92. The molecule has 8 heteroatoms. The number of carbonyl (C=O) groups is 1. The third-order valence-corrected chi connectivity index (χ3v) is 3.42. The number of nitrogens with one attached hydrogen (secondary N) is 1. The molecule has 3 N–H and O–H groups in total. The Hall–Kier alpha value is -2.25. The lowest BCUT2D eigenvalue weighted by molar-refractivity contribution is 0.0940. The van der Waals surface area contributed by atoms with Gasteiger partial charge in [0.15, 0.2) is 5.69 Å². The normalized spacial score (nSPS) is 11.5. The van der Waals surface area contributed by atoms with Crippen molar-refractivity contribution in [3.05, 3.63) is 57.8 Å². The average Bonchev–Trinajstić information content (AvgIpc) is 2.53. The quantitative estimate of drug-likeness (QED) is 0.849. The molecular weight excluding hydrogens is 335 g/mol. The molecule has 0 fully saturated rings. The van der Waals surface area contributed by atoms with Gasteiger partial charge in [-0.05, 0) is 31.5 Å². The van der Waals surface area contributed by atoms with Crippen LogP contribution in [0.4, 0.5) is 4.39 Å². The maximum absolute atomic E-state index is 13.9. The Morgan fingerprint density at radius 1 is 1.42 bits per heavy atom. The number of hydrogen-bond acceptors (Lipinski definition) is 4. The molecule has 0 saturated heterocycles. The highest BCUT2D eigenvalue weighted by Gasteiger charge is 2.16. The average molecular weight is 355 g/mol. The number of aryl methyl sites for hydroxylation is 1. The molecule has 1 aromatic heterocycles. The Kier molecular flexibility index (Phi) is 7.06. The maximum atomic E-state index is 13.9. The van der Waals surface area contributed by atoms with Gasteiger partial charge in [-0.25, -0.2) is 9.07 Å². The van der Waals surface area contributed by atoms with Crippen LogP contribution in [0.1, 0.15) is 23.1 Å². The molecule has 0 radical (unpaired) electrons. The predicted molar refractivity (Wildman–Crippen MR) is 92.3 cm³/mol. The molecule has 2 rings (SSSR count). The summed E-state index contributed by atoms with van der Waals surface area (Å²) in [5.41, 5.74) is 5.32. The molecule has 0 spiro atoms. The van der Waals surface area contributed by atoms with Crippen molar-refractivity contribution in [2.75, 3.05) is 13.1 Å². The number of carbonyl (C=O) groups excluding carboxylic acids is 1. The molecule has 0 aliphatic rings. The van der Waals surface area contributed by atoms with Crippen LogP contribution in [0.3, 0.4) is 0 Å². The lowest BCUT2D eigenvalue weighted by Gasteiger charge is -2.13. The highest BCUT2D eigenvalue weighted by atomic mass is 35.5. The molecule has 24 heavy (non-hydrogen) atoms. The van der Waals surface area contributed by atoms with E-state index in [0.717, 1.165) is 0 Å². The smallest absolute Gasteiger partial charge is 0.275 e. The van der Waals surface area contributed by atoms with Gasteiger partial charge in [-0.3, -0.25) is 9.59 Å². The summed E-state index contributed by atoms with van der Waals surface area (Å²) in [5.74, 6) is -1.01. The Morgan fingerprint density at radius 3 is 2.71 bits per heavy atom. The van der Waals surface area contributed by atoms with E-state index in [-0.39, 0.29) is 29.7 Å². The Bertz CT molecular complexity index is 779. The van der Waals surface area contributed by atoms with Crippen molar-refractivity contribution >= 4 is 18.3 Å². The Labute approximate surface area is 145 Å². The number of para-hydroxylation sites is 1. The number of nitrogens with zero attached hydrogens (tertiary/aromatic N) is 2. The molecule has 130 valence electrons. The molecule has 6 nitrogen and oxygen atoms in total. The van der Waals surface area contributed by atoms with E-state index in [2.05, 4.69) is 10.4 Å². The second-order valence-corrected chi connectivity index (χ2v) is 5.41. The summed E-state index contributed by atoms with van der Waals surface area (Å²) < 4.78 is 15.2. The molecule has 1 unspecified atom stereocenters. The molecule has 0 aliphatic carbocycles. The second-order valence-electron chi connectivity index (χ2n) is 5.41. The van der Waals surface area contributed by atoms with Crippen molar-refractivity contribution < 1.29 is 9.18 Å². The fourth-order valence-corrected chi connectivity index (χ4v) is 2.01. The van der Waals surface area contributed by atoms with Crippen molar-refractivity contribution in [1.82, 2.24) is 15.1 Å². The SMILES string of the molecule is Cc1cc(=O)c(C(=O)NCC(C)CN)nn1-c1ccccc1F.Cl. The summed E-state index contributed by atoms with van der Waals surface area (Å²) >= 11 is 0. The number of benzene rings is 1. The van der Waals surface area contributed by atoms with E-state index in [4.69, 9.17) is 5.73 Å². The first-order valence-corrected chi connectivity index (χ1v) is 7.28. The minimum absolute atomic E-state index is 0. The van der Waals surface area contributed by atoms with Crippen LogP contribution in [-0.4, -0.2) is 28.8 Å². The fourth-order valence-electron chi connectivity index (χ4n) is 2.01. The molecule has 0 saturated carbocycles. The van der Waals surface area contributed by atoms with Gasteiger partial charge in [0.1, 0.15) is 11.5 Å². The van der Waals surface area contributed by atoms with Gasteiger partial charge in [-0.15, -0.1) is 12.4 Å². The predicted octanol–water partition coefficient (Wildman–Crippen LogP) is 1.43. The van der Waals surface area contributed by atoms with Crippen LogP contribution in [0, 0.1) is 18.7 Å². The van der Waals surface area contributed by atoms with Crippen molar-refractivity contribution in [2.24, 2.45) is 11.7 Å². The summed E-state index contributed by atoms with van der Waals surface area (Å²) in [5, 5.41) is 6.64. The topological polar surface area (TPSA) is 90.0 Å². The van der Waals surface area contributed by atoms with E-state index in [1.807, 2.05) is 6.92 Å². The number of hydrogen-bond donors (Lipinski definition) is 2. The van der Waals surface area contributed by atoms with E-state index >= 15 is 0 Å². The number of aromatic nitrogens is 2. The number of nitrogens with two attached hydrogens (primary N) is 1. The standard InChI is InChI=1S/C16H19FN4O2.ClH/c1-10(8-18)9-19-16(23)15-14(22)7-11(2)21(20-15)13-6-4-3-5-12(13)17;/h3-7,10H,8-9,18H2,1-2H3,(H,19,23);1H. The van der Waals surface area contributed by atoms with Crippen LogP contribution in [-0.2, 0) is 0 Å². The molecule has 2 aromatic rings. The van der Waals surface area contributed by atoms with Crippen molar-refractivity contribution in [1.29, 1.82) is 0 Å². The zero-order valence-electron chi connectivity index (χ0n) is 13.5. The maximum Gasteiger partial charge on any atom is 0.275 e. The summed E-state index contributed by atoms with van der Waals surface area (Å²) in [6, 6.07) is 7.29. The van der Waals surface area contributed by atoms with Crippen molar-refractivity contribution in [2.45, 2.75) is 13.8 Å². The van der Waals surface area contributed by atoms with E-state index in [1.54, 1.807) is 19.1 Å². The Balaban J connectivity index is 0.00000288. The molecule has 1 atom stereocenters. The zero-order chi connectivity index (χ0) is 17.0. The third-order valence-electron chi connectivity index (χ3n) is 3.42. The summed E-state index contributed by atoms with van der Waals surface area (Å²) in [4.78, 5) is 24.2. The van der Waals surface area contributed by atoms with Gasteiger partial charge in [0, 0.05) is 18.3 Å². The van der Waals surface area contributed by atoms with Crippen LogP contribution in [0.15, 0.2) is 35.1 Å². The lowest BCUT2D eigenvalue weighted by Crippen LogP contribution is -2.35. The summed E-state index contributed by atoms with van der Waals surface area (Å²) in [7, 11) is 0. The fraction of sp³-hybridized carbons (Fsp3) is 0.312. The highest BCUT2D eigenvalue weighted by Crippen LogP contribution is 2.13. The third kappa shape index (κ3) is 4.39. The molecule has 0 aliphatic heterocycles. The Morgan fingerprint density at radius 2 is 2.08 bits per heavy atom. The largest absolute Gasteiger partial charge is 0.350 e. The molecular formula is C16H20ClFN4O2. The van der Waals surface area contributed by atoms with Gasteiger partial charge in [-0.1, -0.05) is 19.1 Å². The number of amides is 1. The molecule has 1 aromatic carbocycles. The molecule has 0 bridgehead atoms. The second kappa shape index (κ2) is 8.56. The first-order valence-electron chi connectivity index (χ1n) is 7.28. The van der Waals surface area contributed by atoms with Gasteiger partial charge in [-0.2, -0.15) is 5.10 Å². The first-order chi connectivity index (χ1) is 10.9. The molecule has 1 heterocycles. The van der Waals surface area contributed by atoms with E-state index in [9.17, 15) is 14.0 Å². The van der Waals surface area contributed by atoms with Gasteiger partial charge in [0.25, 0.3) is 5.91 Å². The van der Waals surface area contributed by atoms with Crippen LogP contribution in [0.5, 0.6) is 0 Å². The van der Waals surface area contributed by atoms with E-state index in [1.165, 1.54) is 22.9 Å². The minimum Gasteiger partial charge on any atom is -0.350 e. The van der Waals surface area contributed by atoms with Gasteiger partial charge in [0.2, 0.25) is 5.43 Å². The van der Waals surface area contributed by atoms with Gasteiger partial charge >= 0.3 is 0 Å². The summed E-state index contributed by atoms with van der Waals surface area (Å²) in [6.07, 6.45) is 0. The number of halogens is 2. The van der Waals surface area contributed by atoms with E-state index < -0.39 is 17.2 Å². The lowest BCUT2D eigenvalue weighted by atomic mass is 10.2. The van der Waals surface area contributed by atoms with Crippen molar-refractivity contribution in [3.8, 4) is 5.69 Å². The van der Waals surface area contributed by atoms with E-state index in [0.29, 0.717) is 18.8 Å².